The lowest BCUT2D eigenvalue weighted by Crippen LogP contribution is -2.57. The summed E-state index contributed by atoms with van der Waals surface area (Å²) >= 11 is 0. The zero-order valence-corrected chi connectivity index (χ0v) is 23.1. The van der Waals surface area contributed by atoms with Gasteiger partial charge >= 0.3 is 18.2 Å². The molecule has 8 nitrogen and oxygen atoms in total. The van der Waals surface area contributed by atoms with Gasteiger partial charge in [0.15, 0.2) is 0 Å². The fourth-order valence-corrected chi connectivity index (χ4v) is 6.46. The van der Waals surface area contributed by atoms with Gasteiger partial charge < -0.3 is 24.4 Å². The Morgan fingerprint density at radius 3 is 2.49 bits per heavy atom. The maximum Gasteiger partial charge on any atom is 0.410 e. The van der Waals surface area contributed by atoms with E-state index in [9.17, 15) is 14.4 Å². The van der Waals surface area contributed by atoms with Crippen LogP contribution in [0.15, 0.2) is 41.5 Å². The van der Waals surface area contributed by atoms with Crippen LogP contribution in [0.4, 0.5) is 9.59 Å². The fourth-order valence-electron chi connectivity index (χ4n) is 6.46. The molecule has 2 saturated carbocycles. The van der Waals surface area contributed by atoms with Crippen LogP contribution >= 0.6 is 0 Å². The second-order valence-electron chi connectivity index (χ2n) is 12.2. The van der Waals surface area contributed by atoms with Crippen molar-refractivity contribution >= 4 is 18.2 Å². The molecule has 202 valence electrons. The molecule has 0 spiro atoms. The Hall–Kier alpha value is -3.03. The molecule has 1 aromatic rings. The summed E-state index contributed by atoms with van der Waals surface area (Å²) in [7, 11) is 1.77. The van der Waals surface area contributed by atoms with Gasteiger partial charge in [-0.05, 0) is 75.3 Å². The van der Waals surface area contributed by atoms with Gasteiger partial charge in [0.2, 0.25) is 0 Å². The summed E-state index contributed by atoms with van der Waals surface area (Å²) in [5.41, 5.74) is 0.986. The van der Waals surface area contributed by atoms with Crippen LogP contribution in [0, 0.1) is 10.8 Å². The maximum atomic E-state index is 13.2. The number of benzene rings is 1. The molecular weight excluding hydrogens is 472 g/mol. The predicted octanol–water partition coefficient (Wildman–Crippen LogP) is 5.36. The van der Waals surface area contributed by atoms with E-state index < -0.39 is 23.2 Å². The zero-order valence-electron chi connectivity index (χ0n) is 23.1. The first-order valence-electron chi connectivity index (χ1n) is 13.1. The molecule has 8 heteroatoms. The van der Waals surface area contributed by atoms with Crippen LogP contribution in [-0.4, -0.2) is 53.9 Å². The van der Waals surface area contributed by atoms with Crippen molar-refractivity contribution in [1.29, 1.82) is 0 Å². The van der Waals surface area contributed by atoms with Crippen molar-refractivity contribution in [3.8, 4) is 0 Å². The summed E-state index contributed by atoms with van der Waals surface area (Å²) in [5, 5.41) is 3.12. The molecule has 1 aliphatic heterocycles. The first-order valence-corrected chi connectivity index (χ1v) is 13.1. The molecule has 3 aliphatic rings. The lowest BCUT2D eigenvalue weighted by atomic mass is 9.61. The molecule has 2 fully saturated rings. The van der Waals surface area contributed by atoms with Gasteiger partial charge in [0.05, 0.1) is 0 Å². The maximum absolute atomic E-state index is 13.2. The summed E-state index contributed by atoms with van der Waals surface area (Å²) in [6.07, 6.45) is 1.34. The Bertz CT molecular complexity index is 1090. The Kier molecular flexibility index (Phi) is 7.08. The van der Waals surface area contributed by atoms with E-state index in [4.69, 9.17) is 14.2 Å². The van der Waals surface area contributed by atoms with Gasteiger partial charge in [-0.3, -0.25) is 0 Å². The largest absolute Gasteiger partial charge is 0.454 e. The SMILES string of the molecule is CC1=C2C[C@H](N(C)C(=O)OC(C)(C)C)[C@@]3(C)CC[C@@H](NC(=O)OCc4ccccc4)[C@@]3(C)CC2OC1=O. The van der Waals surface area contributed by atoms with Crippen molar-refractivity contribution in [2.24, 2.45) is 10.8 Å². The fraction of sp³-hybridized carbons (Fsp3) is 0.621. The van der Waals surface area contributed by atoms with E-state index in [1.807, 2.05) is 51.1 Å². The zero-order chi connectivity index (χ0) is 27.2. The molecule has 1 unspecified atom stereocenters. The van der Waals surface area contributed by atoms with E-state index in [-0.39, 0.29) is 36.2 Å². The minimum atomic E-state index is -0.632. The Morgan fingerprint density at radius 2 is 1.84 bits per heavy atom. The first-order chi connectivity index (χ1) is 17.2. The third-order valence-electron chi connectivity index (χ3n) is 8.86. The molecule has 37 heavy (non-hydrogen) atoms. The van der Waals surface area contributed by atoms with E-state index in [0.717, 1.165) is 24.0 Å². The van der Waals surface area contributed by atoms with Crippen LogP contribution in [0.3, 0.4) is 0 Å². The number of ether oxygens (including phenoxy) is 3. The molecule has 4 rings (SSSR count). The summed E-state index contributed by atoms with van der Waals surface area (Å²) in [6, 6.07) is 9.09. The normalized spacial score (nSPS) is 31.1. The quantitative estimate of drug-likeness (QED) is 0.431. The lowest BCUT2D eigenvalue weighted by molar-refractivity contribution is -0.141. The summed E-state index contributed by atoms with van der Waals surface area (Å²) in [5.74, 6) is -0.310. The Labute approximate surface area is 219 Å². The molecule has 5 atom stereocenters. The number of hydrogen-bond acceptors (Lipinski definition) is 6. The van der Waals surface area contributed by atoms with Gasteiger partial charge in [-0.25, -0.2) is 14.4 Å². The third kappa shape index (κ3) is 5.07. The Morgan fingerprint density at radius 1 is 1.16 bits per heavy atom. The molecule has 1 heterocycles. The van der Waals surface area contributed by atoms with E-state index >= 15 is 0 Å². The van der Waals surface area contributed by atoms with Gasteiger partial charge in [0.1, 0.15) is 18.3 Å². The van der Waals surface area contributed by atoms with Crippen LogP contribution in [0.1, 0.15) is 72.8 Å². The Balaban J connectivity index is 1.62. The number of nitrogens with zero attached hydrogens (tertiary/aromatic N) is 1. The van der Waals surface area contributed by atoms with Gasteiger partial charge in [0.25, 0.3) is 0 Å². The standard InChI is InChI=1S/C29H40N2O6/c1-18-20-15-23(31(7)26(34)37-27(2,3)4)28(5)14-13-22(29(28,6)16-21(20)36-24(18)32)30-25(33)35-17-19-11-9-8-10-12-19/h8-12,21-23H,13-17H2,1-7H3,(H,30,33)/t21?,22-,23+,28-,29-/m1/s1. The monoisotopic (exact) mass is 512 g/mol. The predicted molar refractivity (Wildman–Crippen MR) is 139 cm³/mol. The van der Waals surface area contributed by atoms with Crippen LogP contribution < -0.4 is 5.32 Å². The van der Waals surface area contributed by atoms with Crippen molar-refractivity contribution in [3.05, 3.63) is 47.0 Å². The number of esters is 1. The topological polar surface area (TPSA) is 94.2 Å². The van der Waals surface area contributed by atoms with Gasteiger partial charge in [-0.15, -0.1) is 0 Å². The number of rotatable bonds is 4. The summed E-state index contributed by atoms with van der Waals surface area (Å²) in [6.45, 7) is 11.9. The number of fused-ring (bicyclic) bond motifs is 2. The summed E-state index contributed by atoms with van der Waals surface area (Å²) < 4.78 is 17.1. The first kappa shape index (κ1) is 27.0. The van der Waals surface area contributed by atoms with Crippen LogP contribution in [-0.2, 0) is 25.6 Å². The molecule has 2 aliphatic carbocycles. The minimum Gasteiger partial charge on any atom is -0.454 e. The van der Waals surface area contributed by atoms with Gasteiger partial charge in [-0.2, -0.15) is 0 Å². The minimum absolute atomic E-state index is 0.184. The van der Waals surface area contributed by atoms with Crippen molar-refractivity contribution in [3.63, 3.8) is 0 Å². The second kappa shape index (κ2) is 9.69. The lowest BCUT2D eigenvalue weighted by Gasteiger charge is -2.50. The van der Waals surface area contributed by atoms with E-state index in [0.29, 0.717) is 18.4 Å². The van der Waals surface area contributed by atoms with E-state index in [1.54, 1.807) is 18.9 Å². The molecular formula is C29H40N2O6. The van der Waals surface area contributed by atoms with Crippen molar-refractivity contribution in [2.45, 2.75) is 97.6 Å². The molecule has 2 amide bonds. The number of carbonyl (C=O) groups is 3. The smallest absolute Gasteiger partial charge is 0.410 e. The van der Waals surface area contributed by atoms with Crippen LogP contribution in [0.2, 0.25) is 0 Å². The highest BCUT2D eigenvalue weighted by molar-refractivity contribution is 5.91. The van der Waals surface area contributed by atoms with E-state index in [1.165, 1.54) is 0 Å². The highest BCUT2D eigenvalue weighted by Gasteiger charge is 2.63. The second-order valence-corrected chi connectivity index (χ2v) is 12.2. The highest BCUT2D eigenvalue weighted by atomic mass is 16.6. The van der Waals surface area contributed by atoms with Gasteiger partial charge in [0, 0.05) is 24.7 Å². The number of alkyl carbamates (subject to hydrolysis) is 1. The van der Waals surface area contributed by atoms with Crippen molar-refractivity contribution in [2.75, 3.05) is 7.05 Å². The number of amides is 2. The van der Waals surface area contributed by atoms with Crippen LogP contribution in [0.5, 0.6) is 0 Å². The number of nitrogens with one attached hydrogen (secondary N) is 1. The molecule has 0 saturated heterocycles. The molecule has 1 N–H and O–H groups in total. The molecule has 0 aromatic heterocycles. The number of carbonyl (C=O) groups excluding carboxylic acids is 3. The van der Waals surface area contributed by atoms with Crippen molar-refractivity contribution < 1.29 is 28.6 Å². The van der Waals surface area contributed by atoms with Crippen LogP contribution in [0.25, 0.3) is 0 Å². The summed E-state index contributed by atoms with van der Waals surface area (Å²) in [4.78, 5) is 40.3. The average molecular weight is 513 g/mol. The molecule has 0 radical (unpaired) electrons. The average Bonchev–Trinajstić information content (AvgIpc) is 3.18. The third-order valence-corrected chi connectivity index (χ3v) is 8.86. The number of hydrogen-bond donors (Lipinski definition) is 1. The van der Waals surface area contributed by atoms with E-state index in [2.05, 4.69) is 19.2 Å². The molecule has 1 aromatic carbocycles. The van der Waals surface area contributed by atoms with Gasteiger partial charge in [-0.1, -0.05) is 44.2 Å². The molecule has 0 bridgehead atoms. The highest BCUT2D eigenvalue weighted by Crippen LogP contribution is 2.62. The van der Waals surface area contributed by atoms with Crippen molar-refractivity contribution in [1.82, 2.24) is 10.2 Å².